The second-order valence-electron chi connectivity index (χ2n) is 6.46. The summed E-state index contributed by atoms with van der Waals surface area (Å²) in [5.74, 6) is -0.0278. The Labute approximate surface area is 165 Å². The van der Waals surface area contributed by atoms with Gasteiger partial charge >= 0.3 is 0 Å². The van der Waals surface area contributed by atoms with Crippen LogP contribution in [-0.2, 0) is 21.5 Å². The summed E-state index contributed by atoms with van der Waals surface area (Å²) in [6.45, 7) is 2.51. The zero-order valence-corrected chi connectivity index (χ0v) is 17.5. The van der Waals surface area contributed by atoms with Crippen LogP contribution in [0, 0.1) is 0 Å². The Morgan fingerprint density at radius 2 is 1.69 bits per heavy atom. The fourth-order valence-electron chi connectivity index (χ4n) is 2.66. The molecule has 0 saturated carbocycles. The van der Waals surface area contributed by atoms with E-state index in [0.29, 0.717) is 42.8 Å². The molecule has 0 N–H and O–H groups in total. The number of piperazine rings is 1. The normalized spacial score (nSPS) is 16.8. The molecule has 1 aliphatic rings. The standard InChI is InChI=1S/C16H24Cl2N4O3S/c1-19(2)26(24,25)22-8-6-21(7-9-22)12-16(23)20(3)11-13-4-5-14(17)15(18)10-13/h4-5,10H,6-9,11-12H2,1-3H3. The van der Waals surface area contributed by atoms with Gasteiger partial charge in [0.25, 0.3) is 10.2 Å². The van der Waals surface area contributed by atoms with E-state index in [-0.39, 0.29) is 12.5 Å². The molecule has 0 radical (unpaired) electrons. The van der Waals surface area contributed by atoms with E-state index in [4.69, 9.17) is 23.2 Å². The number of likely N-dealkylation sites (N-methyl/N-ethyl adjacent to an activating group) is 1. The molecule has 0 aromatic heterocycles. The van der Waals surface area contributed by atoms with Crippen LogP contribution >= 0.6 is 23.2 Å². The van der Waals surface area contributed by atoms with Crippen molar-refractivity contribution < 1.29 is 13.2 Å². The Balaban J connectivity index is 1.85. The summed E-state index contributed by atoms with van der Waals surface area (Å²) < 4.78 is 26.9. The summed E-state index contributed by atoms with van der Waals surface area (Å²) in [7, 11) is 1.37. The third kappa shape index (κ3) is 5.31. The molecule has 2 rings (SSSR count). The number of benzene rings is 1. The first-order chi connectivity index (χ1) is 12.1. The van der Waals surface area contributed by atoms with E-state index in [1.54, 1.807) is 24.1 Å². The number of halogens is 2. The molecule has 7 nitrogen and oxygen atoms in total. The number of hydrogen-bond acceptors (Lipinski definition) is 4. The lowest BCUT2D eigenvalue weighted by Gasteiger charge is -2.35. The van der Waals surface area contributed by atoms with Crippen molar-refractivity contribution >= 4 is 39.3 Å². The SMILES string of the molecule is CN(Cc1ccc(Cl)c(Cl)c1)C(=O)CN1CCN(S(=O)(=O)N(C)C)CC1. The van der Waals surface area contributed by atoms with Crippen molar-refractivity contribution in [2.45, 2.75) is 6.54 Å². The smallest absolute Gasteiger partial charge is 0.281 e. The number of carbonyl (C=O) groups is 1. The van der Waals surface area contributed by atoms with Gasteiger partial charge in [-0.3, -0.25) is 9.69 Å². The fourth-order valence-corrected chi connectivity index (χ4v) is 4.07. The number of carbonyl (C=O) groups excluding carboxylic acids is 1. The van der Waals surface area contributed by atoms with Crippen molar-refractivity contribution in [3.8, 4) is 0 Å². The predicted molar refractivity (Wildman–Crippen MR) is 104 cm³/mol. The maximum absolute atomic E-state index is 12.4. The first-order valence-electron chi connectivity index (χ1n) is 8.19. The molecule has 1 aromatic carbocycles. The molecule has 1 heterocycles. The molecule has 0 spiro atoms. The Morgan fingerprint density at radius 1 is 1.08 bits per heavy atom. The van der Waals surface area contributed by atoms with Crippen molar-refractivity contribution in [1.82, 2.24) is 18.4 Å². The Kier molecular flexibility index (Phi) is 7.29. The minimum atomic E-state index is -3.40. The van der Waals surface area contributed by atoms with Gasteiger partial charge in [0.1, 0.15) is 0 Å². The van der Waals surface area contributed by atoms with Gasteiger partial charge in [-0.05, 0) is 17.7 Å². The highest BCUT2D eigenvalue weighted by Crippen LogP contribution is 2.23. The van der Waals surface area contributed by atoms with Crippen LogP contribution < -0.4 is 0 Å². The molecule has 0 bridgehead atoms. The number of hydrogen-bond donors (Lipinski definition) is 0. The lowest BCUT2D eigenvalue weighted by Crippen LogP contribution is -2.53. The third-order valence-corrected chi connectivity index (χ3v) is 6.99. The van der Waals surface area contributed by atoms with Gasteiger partial charge < -0.3 is 4.90 Å². The van der Waals surface area contributed by atoms with E-state index in [0.717, 1.165) is 5.56 Å². The Morgan fingerprint density at radius 3 is 2.23 bits per heavy atom. The molecule has 26 heavy (non-hydrogen) atoms. The number of amides is 1. The van der Waals surface area contributed by atoms with Gasteiger partial charge in [0, 0.05) is 53.9 Å². The van der Waals surface area contributed by atoms with Gasteiger partial charge in [0.05, 0.1) is 16.6 Å². The van der Waals surface area contributed by atoms with Crippen LogP contribution in [-0.4, -0.2) is 86.6 Å². The average molecular weight is 423 g/mol. The van der Waals surface area contributed by atoms with Gasteiger partial charge in [-0.25, -0.2) is 0 Å². The topological polar surface area (TPSA) is 64.2 Å². The van der Waals surface area contributed by atoms with Crippen LogP contribution in [0.1, 0.15) is 5.56 Å². The van der Waals surface area contributed by atoms with E-state index < -0.39 is 10.2 Å². The fraction of sp³-hybridized carbons (Fsp3) is 0.562. The van der Waals surface area contributed by atoms with E-state index in [2.05, 4.69) is 0 Å². The second kappa shape index (κ2) is 8.86. The van der Waals surface area contributed by atoms with Crippen molar-refractivity contribution in [2.24, 2.45) is 0 Å². The monoisotopic (exact) mass is 422 g/mol. The predicted octanol–water partition coefficient (Wildman–Crippen LogP) is 1.38. The molecule has 1 fully saturated rings. The van der Waals surface area contributed by atoms with Crippen LogP contribution in [0.4, 0.5) is 0 Å². The largest absolute Gasteiger partial charge is 0.340 e. The molecule has 1 aromatic rings. The highest BCUT2D eigenvalue weighted by molar-refractivity contribution is 7.86. The number of rotatable bonds is 6. The Hall–Kier alpha value is -0.900. The van der Waals surface area contributed by atoms with Gasteiger partial charge in [-0.15, -0.1) is 0 Å². The first kappa shape index (κ1) is 21.4. The van der Waals surface area contributed by atoms with Gasteiger partial charge in [0.15, 0.2) is 0 Å². The summed E-state index contributed by atoms with van der Waals surface area (Å²) in [5, 5.41) is 0.943. The maximum atomic E-state index is 12.4. The van der Waals surface area contributed by atoms with Gasteiger partial charge in [-0.1, -0.05) is 29.3 Å². The lowest BCUT2D eigenvalue weighted by molar-refractivity contribution is -0.131. The van der Waals surface area contributed by atoms with Crippen molar-refractivity contribution in [1.29, 1.82) is 0 Å². The molecule has 0 unspecified atom stereocenters. The molecule has 0 atom stereocenters. The average Bonchev–Trinajstić information content (AvgIpc) is 2.58. The summed E-state index contributed by atoms with van der Waals surface area (Å²) in [6.07, 6.45) is 0. The van der Waals surface area contributed by atoms with Crippen LogP contribution in [0.15, 0.2) is 18.2 Å². The van der Waals surface area contributed by atoms with Crippen molar-refractivity contribution in [3.05, 3.63) is 33.8 Å². The van der Waals surface area contributed by atoms with E-state index >= 15 is 0 Å². The molecule has 0 aliphatic carbocycles. The highest BCUT2D eigenvalue weighted by atomic mass is 35.5. The summed E-state index contributed by atoms with van der Waals surface area (Å²) >= 11 is 11.9. The van der Waals surface area contributed by atoms with E-state index in [1.165, 1.54) is 22.7 Å². The Bertz CT molecular complexity index is 750. The zero-order chi connectivity index (χ0) is 19.5. The molecule has 1 amide bonds. The molecule has 1 saturated heterocycles. The highest BCUT2D eigenvalue weighted by Gasteiger charge is 2.29. The molecule has 146 valence electrons. The molecule has 1 aliphatic heterocycles. The van der Waals surface area contributed by atoms with Gasteiger partial charge in [0.2, 0.25) is 5.91 Å². The van der Waals surface area contributed by atoms with E-state index in [9.17, 15) is 13.2 Å². The minimum Gasteiger partial charge on any atom is -0.340 e. The van der Waals surface area contributed by atoms with Crippen molar-refractivity contribution in [2.75, 3.05) is 53.9 Å². The molecule has 10 heteroatoms. The number of nitrogens with zero attached hydrogens (tertiary/aromatic N) is 4. The second-order valence-corrected chi connectivity index (χ2v) is 9.42. The van der Waals surface area contributed by atoms with E-state index in [1.807, 2.05) is 11.0 Å². The van der Waals surface area contributed by atoms with Crippen LogP contribution in [0.2, 0.25) is 10.0 Å². The summed E-state index contributed by atoms with van der Waals surface area (Å²) in [5.41, 5.74) is 0.900. The summed E-state index contributed by atoms with van der Waals surface area (Å²) in [4.78, 5) is 16.0. The van der Waals surface area contributed by atoms with Crippen LogP contribution in [0.5, 0.6) is 0 Å². The first-order valence-corrected chi connectivity index (χ1v) is 10.3. The van der Waals surface area contributed by atoms with Crippen LogP contribution in [0.3, 0.4) is 0 Å². The van der Waals surface area contributed by atoms with Crippen molar-refractivity contribution in [3.63, 3.8) is 0 Å². The zero-order valence-electron chi connectivity index (χ0n) is 15.2. The maximum Gasteiger partial charge on any atom is 0.281 e. The quantitative estimate of drug-likeness (QED) is 0.694. The molecular weight excluding hydrogens is 399 g/mol. The third-order valence-electron chi connectivity index (χ3n) is 4.31. The molecular formula is C16H24Cl2N4O3S. The lowest BCUT2D eigenvalue weighted by atomic mass is 10.2. The van der Waals surface area contributed by atoms with Gasteiger partial charge in [-0.2, -0.15) is 17.0 Å². The summed E-state index contributed by atoms with van der Waals surface area (Å²) in [6, 6.07) is 5.30. The minimum absolute atomic E-state index is 0.0278. The van der Waals surface area contributed by atoms with Crippen LogP contribution in [0.25, 0.3) is 0 Å².